The van der Waals surface area contributed by atoms with E-state index in [-0.39, 0.29) is 5.78 Å². The Balaban J connectivity index is 2.04. The number of carbonyl (C=O) groups is 1. The lowest BCUT2D eigenvalue weighted by Gasteiger charge is -2.08. The minimum absolute atomic E-state index is 0.0139. The number of ether oxygens (including phenoxy) is 1. The molecule has 2 nitrogen and oxygen atoms in total. The zero-order valence-electron chi connectivity index (χ0n) is 11.6. The summed E-state index contributed by atoms with van der Waals surface area (Å²) in [5.41, 5.74) is 0.931. The summed E-state index contributed by atoms with van der Waals surface area (Å²) in [6.45, 7) is 0. The number of hydrogen-bond donors (Lipinski definition) is 0. The Hall–Kier alpha value is -2.39. The molecule has 1 aromatic heterocycles. The van der Waals surface area contributed by atoms with E-state index in [1.165, 1.54) is 11.3 Å². The summed E-state index contributed by atoms with van der Waals surface area (Å²) in [5, 5.41) is 4.10. The predicted molar refractivity (Wildman–Crippen MR) is 88.2 cm³/mol. The van der Waals surface area contributed by atoms with Crippen molar-refractivity contribution in [2.24, 2.45) is 0 Å². The van der Waals surface area contributed by atoms with Crippen LogP contribution in [-0.2, 0) is 0 Å². The van der Waals surface area contributed by atoms with E-state index in [1.807, 2.05) is 60.0 Å². The number of methoxy groups -OCH3 is 1. The normalized spacial score (nSPS) is 11.1. The Kier molecular flexibility index (Phi) is 3.84. The van der Waals surface area contributed by atoms with Crippen molar-refractivity contribution in [3.05, 3.63) is 70.4 Å². The maximum Gasteiger partial charge on any atom is 0.195 e. The number of thiophene rings is 1. The van der Waals surface area contributed by atoms with Gasteiger partial charge in [0.25, 0.3) is 0 Å². The second-order valence-corrected chi connectivity index (χ2v) is 5.53. The molecular weight excluding hydrogens is 280 g/mol. The number of hydrogen-bond acceptors (Lipinski definition) is 3. The first-order chi connectivity index (χ1) is 10.3. The van der Waals surface area contributed by atoms with Crippen molar-refractivity contribution >= 4 is 34.0 Å². The summed E-state index contributed by atoms with van der Waals surface area (Å²) >= 11 is 1.45. The van der Waals surface area contributed by atoms with Crippen molar-refractivity contribution in [2.75, 3.05) is 7.11 Å². The van der Waals surface area contributed by atoms with Crippen LogP contribution in [0.1, 0.15) is 15.2 Å². The number of allylic oxidation sites excluding steroid dienone is 1. The molecule has 0 amide bonds. The topological polar surface area (TPSA) is 26.3 Å². The molecule has 0 fully saturated rings. The van der Waals surface area contributed by atoms with Gasteiger partial charge >= 0.3 is 0 Å². The summed E-state index contributed by atoms with van der Waals surface area (Å²) in [7, 11) is 1.64. The summed E-state index contributed by atoms with van der Waals surface area (Å²) < 4.78 is 5.42. The Bertz CT molecular complexity index is 801. The van der Waals surface area contributed by atoms with Crippen LogP contribution < -0.4 is 4.74 Å². The quantitative estimate of drug-likeness (QED) is 0.510. The van der Waals surface area contributed by atoms with Crippen molar-refractivity contribution in [1.29, 1.82) is 0 Å². The van der Waals surface area contributed by atoms with Gasteiger partial charge in [0.15, 0.2) is 5.78 Å². The molecule has 0 bridgehead atoms. The molecule has 1 heterocycles. The van der Waals surface area contributed by atoms with E-state index in [4.69, 9.17) is 4.74 Å². The summed E-state index contributed by atoms with van der Waals surface area (Å²) in [4.78, 5) is 12.8. The van der Waals surface area contributed by atoms with Crippen LogP contribution in [0.15, 0.2) is 60.0 Å². The van der Waals surface area contributed by atoms with Crippen LogP contribution in [0.25, 0.3) is 16.8 Å². The van der Waals surface area contributed by atoms with E-state index < -0.39 is 0 Å². The first kappa shape index (κ1) is 13.6. The molecule has 2 aromatic carbocycles. The number of benzene rings is 2. The van der Waals surface area contributed by atoms with Crippen molar-refractivity contribution in [2.45, 2.75) is 0 Å². The largest absolute Gasteiger partial charge is 0.496 e. The lowest BCUT2D eigenvalue weighted by atomic mass is 10.0. The zero-order chi connectivity index (χ0) is 14.7. The van der Waals surface area contributed by atoms with Crippen LogP contribution in [0.5, 0.6) is 5.75 Å². The van der Waals surface area contributed by atoms with E-state index in [1.54, 1.807) is 13.2 Å². The van der Waals surface area contributed by atoms with Crippen LogP contribution in [-0.4, -0.2) is 12.9 Å². The average molecular weight is 294 g/mol. The highest BCUT2D eigenvalue weighted by atomic mass is 32.1. The summed E-state index contributed by atoms with van der Waals surface area (Å²) in [5.74, 6) is 0.781. The third-order valence-corrected chi connectivity index (χ3v) is 4.20. The summed E-state index contributed by atoms with van der Waals surface area (Å²) in [6, 6.07) is 15.7. The van der Waals surface area contributed by atoms with Crippen LogP contribution in [0.3, 0.4) is 0 Å². The van der Waals surface area contributed by atoms with Crippen molar-refractivity contribution in [1.82, 2.24) is 0 Å². The molecule has 0 N–H and O–H groups in total. The fraction of sp³-hybridized carbons (Fsp3) is 0.0556. The predicted octanol–water partition coefficient (Wildman–Crippen LogP) is 4.81. The van der Waals surface area contributed by atoms with Gasteiger partial charge in [0.1, 0.15) is 5.75 Å². The smallest absolute Gasteiger partial charge is 0.195 e. The van der Waals surface area contributed by atoms with Gasteiger partial charge in [0.05, 0.1) is 12.0 Å². The molecule has 0 atom stereocenters. The molecular formula is C18H14O2S. The molecule has 0 aliphatic heterocycles. The lowest BCUT2D eigenvalue weighted by Crippen LogP contribution is -1.91. The van der Waals surface area contributed by atoms with E-state index in [0.29, 0.717) is 0 Å². The molecule has 3 rings (SSSR count). The van der Waals surface area contributed by atoms with Crippen LogP contribution in [0.2, 0.25) is 0 Å². The molecule has 0 radical (unpaired) electrons. The maximum atomic E-state index is 12.1. The molecule has 0 aliphatic rings. The molecule has 0 aliphatic carbocycles. The molecule has 0 unspecified atom stereocenters. The number of carbonyl (C=O) groups excluding carboxylic acids is 1. The molecule has 104 valence electrons. The zero-order valence-corrected chi connectivity index (χ0v) is 12.4. The van der Waals surface area contributed by atoms with Gasteiger partial charge in [-0.15, -0.1) is 11.3 Å². The molecule has 0 saturated carbocycles. The van der Waals surface area contributed by atoms with Crippen LogP contribution in [0, 0.1) is 0 Å². The second kappa shape index (κ2) is 5.94. The van der Waals surface area contributed by atoms with Gasteiger partial charge in [-0.3, -0.25) is 4.79 Å². The minimum Gasteiger partial charge on any atom is -0.496 e. The van der Waals surface area contributed by atoms with Gasteiger partial charge in [-0.05, 0) is 40.4 Å². The van der Waals surface area contributed by atoms with E-state index in [9.17, 15) is 4.79 Å². The first-order valence-electron chi connectivity index (χ1n) is 6.61. The van der Waals surface area contributed by atoms with E-state index in [0.717, 1.165) is 27.0 Å². The van der Waals surface area contributed by atoms with E-state index >= 15 is 0 Å². The Morgan fingerprint density at radius 2 is 1.95 bits per heavy atom. The second-order valence-electron chi connectivity index (χ2n) is 4.58. The third kappa shape index (κ3) is 2.73. The highest BCUT2D eigenvalue weighted by molar-refractivity contribution is 7.12. The van der Waals surface area contributed by atoms with E-state index in [2.05, 4.69) is 0 Å². The van der Waals surface area contributed by atoms with Crippen molar-refractivity contribution < 1.29 is 9.53 Å². The van der Waals surface area contributed by atoms with Gasteiger partial charge in [0, 0.05) is 5.56 Å². The fourth-order valence-corrected chi connectivity index (χ4v) is 2.93. The molecule has 3 aromatic rings. The molecule has 0 spiro atoms. The standard InChI is InChI=1S/C18H14O2S/c1-20-17-11-8-13-5-2-3-6-14(13)15(17)9-10-16(19)18-7-4-12-21-18/h2-12H,1H3/b10-9+. The Morgan fingerprint density at radius 3 is 2.71 bits per heavy atom. The Labute approximate surface area is 127 Å². The van der Waals surface area contributed by atoms with Gasteiger partial charge < -0.3 is 4.74 Å². The van der Waals surface area contributed by atoms with Crippen molar-refractivity contribution in [3.8, 4) is 5.75 Å². The van der Waals surface area contributed by atoms with Gasteiger partial charge in [-0.25, -0.2) is 0 Å². The van der Waals surface area contributed by atoms with Gasteiger partial charge in [0.2, 0.25) is 0 Å². The van der Waals surface area contributed by atoms with Gasteiger partial charge in [-0.2, -0.15) is 0 Å². The highest BCUT2D eigenvalue weighted by Gasteiger charge is 2.07. The maximum absolute atomic E-state index is 12.1. The number of fused-ring (bicyclic) bond motifs is 1. The summed E-state index contributed by atoms with van der Waals surface area (Å²) in [6.07, 6.45) is 3.44. The lowest BCUT2D eigenvalue weighted by molar-refractivity contribution is 0.105. The fourth-order valence-electron chi connectivity index (χ4n) is 2.29. The Morgan fingerprint density at radius 1 is 1.10 bits per heavy atom. The highest BCUT2D eigenvalue weighted by Crippen LogP contribution is 2.29. The minimum atomic E-state index is 0.0139. The van der Waals surface area contributed by atoms with Crippen molar-refractivity contribution in [3.63, 3.8) is 0 Å². The van der Waals surface area contributed by atoms with Crippen LogP contribution in [0.4, 0.5) is 0 Å². The number of rotatable bonds is 4. The third-order valence-electron chi connectivity index (χ3n) is 3.32. The van der Waals surface area contributed by atoms with Gasteiger partial charge in [-0.1, -0.05) is 36.4 Å². The average Bonchev–Trinajstić information content (AvgIpc) is 3.06. The molecule has 0 saturated heterocycles. The van der Waals surface area contributed by atoms with Crippen LogP contribution >= 0.6 is 11.3 Å². The first-order valence-corrected chi connectivity index (χ1v) is 7.49. The monoisotopic (exact) mass is 294 g/mol. The molecule has 21 heavy (non-hydrogen) atoms. The SMILES string of the molecule is COc1ccc2ccccc2c1/C=C/C(=O)c1cccs1. The number of ketones is 1. The molecule has 3 heteroatoms.